The number of alkyl carbamates (subject to hydrolysis) is 1. The molecule has 0 bridgehead atoms. The highest BCUT2D eigenvalue weighted by Crippen LogP contribution is 2.23. The van der Waals surface area contributed by atoms with Crippen LogP contribution in [0.5, 0.6) is 0 Å². The summed E-state index contributed by atoms with van der Waals surface area (Å²) in [5.41, 5.74) is 1.15. The lowest BCUT2D eigenvalue weighted by molar-refractivity contribution is 0.121. The molecule has 1 N–H and O–H groups in total. The van der Waals surface area contributed by atoms with Crippen LogP contribution in [0, 0.1) is 0 Å². The topological polar surface area (TPSA) is 54.5 Å². The fraction of sp³-hybridized carbons (Fsp3) is 0.455. The number of rotatable bonds is 1. The summed E-state index contributed by atoms with van der Waals surface area (Å²) < 4.78 is 5.16. The Balaban J connectivity index is 1.74. The number of pyridine rings is 1. The van der Waals surface area contributed by atoms with Crippen molar-refractivity contribution in [1.29, 1.82) is 0 Å². The third-order valence-corrected chi connectivity index (χ3v) is 3.14. The van der Waals surface area contributed by atoms with Gasteiger partial charge in [-0.3, -0.25) is 4.98 Å². The summed E-state index contributed by atoms with van der Waals surface area (Å²) in [7, 11) is 0. The van der Waals surface area contributed by atoms with E-state index in [1.54, 1.807) is 12.4 Å². The van der Waals surface area contributed by atoms with Crippen LogP contribution in [-0.4, -0.2) is 36.3 Å². The monoisotopic (exact) mass is 219 g/mol. The van der Waals surface area contributed by atoms with Gasteiger partial charge >= 0.3 is 6.09 Å². The molecule has 2 fully saturated rings. The molecule has 2 atom stereocenters. The van der Waals surface area contributed by atoms with Crippen LogP contribution in [0.3, 0.4) is 0 Å². The van der Waals surface area contributed by atoms with Crippen LogP contribution in [0.2, 0.25) is 0 Å². The molecule has 0 radical (unpaired) electrons. The quantitative estimate of drug-likeness (QED) is 0.758. The number of carbonyl (C=O) groups excluding carboxylic acids is 1. The Morgan fingerprint density at radius 1 is 1.44 bits per heavy atom. The van der Waals surface area contributed by atoms with Crippen molar-refractivity contribution in [1.82, 2.24) is 10.3 Å². The van der Waals surface area contributed by atoms with Crippen molar-refractivity contribution in [3.63, 3.8) is 0 Å². The molecule has 0 spiro atoms. The maximum atomic E-state index is 11.1. The first-order valence-corrected chi connectivity index (χ1v) is 5.45. The lowest BCUT2D eigenvalue weighted by Crippen LogP contribution is -2.49. The molecule has 1 aromatic heterocycles. The molecule has 0 saturated carbocycles. The number of amides is 1. The Hall–Kier alpha value is -1.78. The molecule has 1 amide bonds. The van der Waals surface area contributed by atoms with Crippen LogP contribution in [0.4, 0.5) is 10.5 Å². The first-order valence-electron chi connectivity index (χ1n) is 5.45. The number of anilines is 1. The summed E-state index contributed by atoms with van der Waals surface area (Å²) in [6.07, 6.45) is 4.21. The standard InChI is InChI=1S/C11H13N3O2/c15-11-13-9-7-14(6-3-10(9)16-11)8-1-4-12-5-2-8/h1-2,4-5,9-10H,3,6-7H2,(H,13,15). The molecule has 3 heterocycles. The zero-order valence-corrected chi connectivity index (χ0v) is 8.80. The highest BCUT2D eigenvalue weighted by molar-refractivity contribution is 5.70. The van der Waals surface area contributed by atoms with Crippen molar-refractivity contribution in [3.8, 4) is 0 Å². The van der Waals surface area contributed by atoms with Crippen molar-refractivity contribution >= 4 is 11.8 Å². The Kier molecular flexibility index (Phi) is 2.16. The normalized spacial score (nSPS) is 28.2. The summed E-state index contributed by atoms with van der Waals surface area (Å²) in [6.45, 7) is 1.72. The largest absolute Gasteiger partial charge is 0.444 e. The number of nitrogens with zero attached hydrogens (tertiary/aromatic N) is 2. The van der Waals surface area contributed by atoms with Gasteiger partial charge in [0.25, 0.3) is 0 Å². The molecule has 16 heavy (non-hydrogen) atoms. The molecule has 5 heteroatoms. The molecule has 1 aromatic rings. The molecule has 2 unspecified atom stereocenters. The number of carbonyl (C=O) groups is 1. The van der Waals surface area contributed by atoms with Crippen molar-refractivity contribution in [2.24, 2.45) is 0 Å². The van der Waals surface area contributed by atoms with E-state index in [2.05, 4.69) is 15.2 Å². The van der Waals surface area contributed by atoms with E-state index in [0.29, 0.717) is 0 Å². The molecule has 2 aliphatic heterocycles. The average Bonchev–Trinajstić information content (AvgIpc) is 2.69. The first-order chi connectivity index (χ1) is 7.83. The minimum atomic E-state index is -0.286. The van der Waals surface area contributed by atoms with E-state index in [-0.39, 0.29) is 18.2 Å². The van der Waals surface area contributed by atoms with E-state index in [1.165, 1.54) is 0 Å². The molecule has 0 aliphatic carbocycles. The maximum Gasteiger partial charge on any atom is 0.407 e. The van der Waals surface area contributed by atoms with Gasteiger partial charge in [-0.15, -0.1) is 0 Å². The number of nitrogens with one attached hydrogen (secondary N) is 1. The lowest BCUT2D eigenvalue weighted by Gasteiger charge is -2.34. The van der Waals surface area contributed by atoms with Gasteiger partial charge in [0.1, 0.15) is 6.10 Å². The lowest BCUT2D eigenvalue weighted by atomic mass is 10.0. The van der Waals surface area contributed by atoms with E-state index >= 15 is 0 Å². The van der Waals surface area contributed by atoms with Gasteiger partial charge < -0.3 is 15.0 Å². The van der Waals surface area contributed by atoms with E-state index in [9.17, 15) is 4.79 Å². The van der Waals surface area contributed by atoms with E-state index in [0.717, 1.165) is 25.2 Å². The predicted octanol–water partition coefficient (Wildman–Crippen LogP) is 0.769. The van der Waals surface area contributed by atoms with Crippen molar-refractivity contribution in [2.75, 3.05) is 18.0 Å². The zero-order valence-electron chi connectivity index (χ0n) is 8.80. The van der Waals surface area contributed by atoms with Gasteiger partial charge in [-0.25, -0.2) is 4.79 Å². The Morgan fingerprint density at radius 3 is 3.06 bits per heavy atom. The van der Waals surface area contributed by atoms with Crippen molar-refractivity contribution < 1.29 is 9.53 Å². The molecular formula is C11H13N3O2. The third kappa shape index (κ3) is 1.58. The highest BCUT2D eigenvalue weighted by atomic mass is 16.6. The first kappa shape index (κ1) is 9.45. The molecule has 5 nitrogen and oxygen atoms in total. The van der Waals surface area contributed by atoms with Crippen LogP contribution in [0.15, 0.2) is 24.5 Å². The number of aromatic nitrogens is 1. The molecule has 2 aliphatic rings. The van der Waals surface area contributed by atoms with E-state index in [1.807, 2.05) is 12.1 Å². The summed E-state index contributed by atoms with van der Waals surface area (Å²) in [5, 5.41) is 2.84. The predicted molar refractivity (Wildman–Crippen MR) is 58.3 cm³/mol. The molecule has 2 saturated heterocycles. The van der Waals surface area contributed by atoms with Gasteiger partial charge in [-0.05, 0) is 12.1 Å². The summed E-state index contributed by atoms with van der Waals surface area (Å²) in [5.74, 6) is 0. The van der Waals surface area contributed by atoms with Crippen molar-refractivity contribution in [3.05, 3.63) is 24.5 Å². The highest BCUT2D eigenvalue weighted by Gasteiger charge is 2.38. The molecular weight excluding hydrogens is 206 g/mol. The second kappa shape index (κ2) is 3.66. The van der Waals surface area contributed by atoms with Gasteiger partial charge in [-0.1, -0.05) is 0 Å². The number of hydrogen-bond donors (Lipinski definition) is 1. The Morgan fingerprint density at radius 2 is 2.25 bits per heavy atom. The second-order valence-electron chi connectivity index (χ2n) is 4.13. The van der Waals surface area contributed by atoms with Crippen LogP contribution in [0.1, 0.15) is 6.42 Å². The molecule has 0 aromatic carbocycles. The smallest absolute Gasteiger partial charge is 0.407 e. The molecule has 3 rings (SSSR count). The third-order valence-electron chi connectivity index (χ3n) is 3.14. The number of fused-ring (bicyclic) bond motifs is 1. The van der Waals surface area contributed by atoms with Gasteiger partial charge in [0.2, 0.25) is 0 Å². The summed E-state index contributed by atoms with van der Waals surface area (Å²) in [4.78, 5) is 17.3. The van der Waals surface area contributed by atoms with Crippen LogP contribution < -0.4 is 10.2 Å². The van der Waals surface area contributed by atoms with Gasteiger partial charge in [-0.2, -0.15) is 0 Å². The van der Waals surface area contributed by atoms with Crippen LogP contribution >= 0.6 is 0 Å². The van der Waals surface area contributed by atoms with Crippen LogP contribution in [0.25, 0.3) is 0 Å². The Labute approximate surface area is 93.4 Å². The van der Waals surface area contributed by atoms with Gasteiger partial charge in [0.05, 0.1) is 6.04 Å². The van der Waals surface area contributed by atoms with Gasteiger partial charge in [0, 0.05) is 37.6 Å². The minimum Gasteiger partial charge on any atom is -0.444 e. The SMILES string of the molecule is O=C1NC2CN(c3ccncc3)CCC2O1. The Bertz CT molecular complexity index is 395. The fourth-order valence-corrected chi connectivity index (χ4v) is 2.32. The van der Waals surface area contributed by atoms with E-state index in [4.69, 9.17) is 4.74 Å². The summed E-state index contributed by atoms with van der Waals surface area (Å²) >= 11 is 0. The number of piperidine rings is 1. The van der Waals surface area contributed by atoms with Crippen LogP contribution in [-0.2, 0) is 4.74 Å². The zero-order chi connectivity index (χ0) is 11.0. The number of hydrogen-bond acceptors (Lipinski definition) is 4. The van der Waals surface area contributed by atoms with E-state index < -0.39 is 0 Å². The maximum absolute atomic E-state index is 11.1. The van der Waals surface area contributed by atoms with Crippen molar-refractivity contribution in [2.45, 2.75) is 18.6 Å². The minimum absolute atomic E-state index is 0.0468. The number of ether oxygens (including phenoxy) is 1. The average molecular weight is 219 g/mol. The molecule has 84 valence electrons. The second-order valence-corrected chi connectivity index (χ2v) is 4.13. The fourth-order valence-electron chi connectivity index (χ4n) is 2.32. The van der Waals surface area contributed by atoms with Gasteiger partial charge in [0.15, 0.2) is 0 Å². The summed E-state index contributed by atoms with van der Waals surface area (Å²) in [6, 6.07) is 4.09.